The number of amides is 2. The van der Waals surface area contributed by atoms with Crippen LogP contribution in [0.4, 0.5) is 4.79 Å². The van der Waals surface area contributed by atoms with Crippen molar-refractivity contribution in [2.24, 2.45) is 0 Å². The molecule has 0 spiro atoms. The van der Waals surface area contributed by atoms with E-state index in [0.29, 0.717) is 22.5 Å². The van der Waals surface area contributed by atoms with Gasteiger partial charge in [-0.3, -0.25) is 0 Å². The van der Waals surface area contributed by atoms with Crippen molar-refractivity contribution in [3.63, 3.8) is 0 Å². The van der Waals surface area contributed by atoms with Crippen LogP contribution < -0.4 is 10.6 Å². The zero-order valence-electron chi connectivity index (χ0n) is 17.1. The van der Waals surface area contributed by atoms with Gasteiger partial charge < -0.3 is 20.5 Å². The van der Waals surface area contributed by atoms with Crippen LogP contribution in [-0.4, -0.2) is 33.5 Å². The summed E-state index contributed by atoms with van der Waals surface area (Å²) < 4.78 is 6.94. The van der Waals surface area contributed by atoms with Gasteiger partial charge in [0.2, 0.25) is 0 Å². The number of hydrogen-bond acceptors (Lipinski definition) is 5. The van der Waals surface area contributed by atoms with Crippen molar-refractivity contribution in [3.8, 4) is 22.7 Å². The van der Waals surface area contributed by atoms with E-state index in [1.54, 1.807) is 49.0 Å². The summed E-state index contributed by atoms with van der Waals surface area (Å²) in [6.45, 7) is 3.61. The van der Waals surface area contributed by atoms with Crippen molar-refractivity contribution in [2.75, 3.05) is 6.61 Å². The number of nitrogens with zero attached hydrogens (tertiary/aromatic N) is 2. The Hall–Kier alpha value is -4.07. The number of nitrogens with one attached hydrogen (secondary N) is 2. The van der Waals surface area contributed by atoms with E-state index in [9.17, 15) is 14.7 Å². The molecule has 2 heterocycles. The lowest BCUT2D eigenvalue weighted by molar-refractivity contribution is -0.139. The van der Waals surface area contributed by atoms with Gasteiger partial charge in [0.25, 0.3) is 0 Å². The number of esters is 1. The summed E-state index contributed by atoms with van der Waals surface area (Å²) in [4.78, 5) is 25.0. The number of urea groups is 1. The van der Waals surface area contributed by atoms with Crippen LogP contribution in [0, 0.1) is 0 Å². The number of hydrogen-bond donors (Lipinski definition) is 3. The second-order valence-corrected chi connectivity index (χ2v) is 7.05. The molecular weight excluding hydrogens is 396 g/mol. The van der Waals surface area contributed by atoms with Gasteiger partial charge in [0.15, 0.2) is 0 Å². The van der Waals surface area contributed by atoms with Crippen molar-refractivity contribution in [2.45, 2.75) is 19.9 Å². The fraction of sp³-hybridized carbons (Fsp3) is 0.174. The van der Waals surface area contributed by atoms with Crippen LogP contribution in [0.1, 0.15) is 25.5 Å². The van der Waals surface area contributed by atoms with Crippen LogP contribution in [0.15, 0.2) is 72.1 Å². The van der Waals surface area contributed by atoms with E-state index in [-0.39, 0.29) is 12.4 Å². The third kappa shape index (κ3) is 4.00. The Bertz CT molecular complexity index is 1150. The number of benzene rings is 2. The number of phenolic OH excluding ortho intramolecular Hbond substituents is 1. The molecular formula is C23H22N4O4. The van der Waals surface area contributed by atoms with Gasteiger partial charge in [0.05, 0.1) is 29.6 Å². The molecule has 1 atom stereocenters. The maximum absolute atomic E-state index is 12.7. The van der Waals surface area contributed by atoms with E-state index in [0.717, 1.165) is 11.3 Å². The Labute approximate surface area is 179 Å². The average molecular weight is 418 g/mol. The molecule has 1 aliphatic heterocycles. The number of allylic oxidation sites excluding steroid dienone is 1. The van der Waals surface area contributed by atoms with Gasteiger partial charge in [-0.15, -0.1) is 0 Å². The second-order valence-electron chi connectivity index (χ2n) is 7.05. The van der Waals surface area contributed by atoms with Gasteiger partial charge in [-0.25, -0.2) is 14.3 Å². The Morgan fingerprint density at radius 2 is 1.87 bits per heavy atom. The molecule has 0 saturated heterocycles. The molecule has 158 valence electrons. The first kappa shape index (κ1) is 20.2. The van der Waals surface area contributed by atoms with Crippen LogP contribution >= 0.6 is 0 Å². The summed E-state index contributed by atoms with van der Waals surface area (Å²) in [6, 6.07) is 15.0. The average Bonchev–Trinajstić information content (AvgIpc) is 3.20. The van der Waals surface area contributed by atoms with Gasteiger partial charge in [-0.1, -0.05) is 18.2 Å². The van der Waals surface area contributed by atoms with Crippen molar-refractivity contribution >= 4 is 12.0 Å². The predicted molar refractivity (Wildman–Crippen MR) is 114 cm³/mol. The molecule has 1 aliphatic rings. The highest BCUT2D eigenvalue weighted by molar-refractivity contribution is 5.95. The van der Waals surface area contributed by atoms with Crippen LogP contribution in [0.5, 0.6) is 5.75 Å². The second kappa shape index (κ2) is 8.35. The first-order chi connectivity index (χ1) is 15.0. The lowest BCUT2D eigenvalue weighted by Gasteiger charge is -2.27. The van der Waals surface area contributed by atoms with E-state index in [4.69, 9.17) is 9.84 Å². The predicted octanol–water partition coefficient (Wildman–Crippen LogP) is 3.44. The number of rotatable bonds is 5. The lowest BCUT2D eigenvalue weighted by Crippen LogP contribution is -2.45. The molecule has 0 bridgehead atoms. The number of phenols is 1. The van der Waals surface area contributed by atoms with Gasteiger partial charge in [-0.05, 0) is 50.2 Å². The van der Waals surface area contributed by atoms with Crippen LogP contribution in [-0.2, 0) is 9.53 Å². The van der Waals surface area contributed by atoms with Crippen LogP contribution in [0.25, 0.3) is 16.9 Å². The highest BCUT2D eigenvalue weighted by atomic mass is 16.5. The largest absolute Gasteiger partial charge is 0.508 e. The molecule has 1 aromatic heterocycles. The zero-order chi connectivity index (χ0) is 22.0. The fourth-order valence-electron chi connectivity index (χ4n) is 3.56. The number of ether oxygens (including phenoxy) is 1. The number of carbonyl (C=O) groups excluding carboxylic acids is 2. The van der Waals surface area contributed by atoms with E-state index >= 15 is 0 Å². The Balaban J connectivity index is 1.90. The summed E-state index contributed by atoms with van der Waals surface area (Å²) >= 11 is 0. The van der Waals surface area contributed by atoms with Crippen LogP contribution in [0.3, 0.4) is 0 Å². The summed E-state index contributed by atoms with van der Waals surface area (Å²) in [6.07, 6.45) is 1.79. The van der Waals surface area contributed by atoms with Gasteiger partial charge in [0.1, 0.15) is 5.75 Å². The normalized spacial score (nSPS) is 15.9. The minimum Gasteiger partial charge on any atom is -0.508 e. The molecule has 2 aromatic carbocycles. The Morgan fingerprint density at radius 3 is 2.55 bits per heavy atom. The Morgan fingerprint density at radius 1 is 1.16 bits per heavy atom. The van der Waals surface area contributed by atoms with Crippen molar-refractivity contribution in [3.05, 3.63) is 77.6 Å². The molecule has 31 heavy (non-hydrogen) atoms. The Kier molecular flexibility index (Phi) is 5.44. The number of para-hydroxylation sites is 1. The number of aromatic nitrogens is 2. The van der Waals surface area contributed by atoms with Crippen molar-refractivity contribution in [1.29, 1.82) is 0 Å². The molecule has 2 amide bonds. The quantitative estimate of drug-likeness (QED) is 0.551. The molecule has 1 unspecified atom stereocenters. The first-order valence-corrected chi connectivity index (χ1v) is 9.87. The lowest BCUT2D eigenvalue weighted by atomic mass is 9.94. The van der Waals surface area contributed by atoms with Gasteiger partial charge >= 0.3 is 12.0 Å². The molecule has 3 aromatic rings. The third-order valence-electron chi connectivity index (χ3n) is 4.98. The SMILES string of the molecule is CCOC(=O)C1=C(C)NC(=O)NC1c1cn(-c2ccccc2)nc1-c1ccc(O)cc1. The number of carbonyl (C=O) groups is 2. The molecule has 0 saturated carbocycles. The minimum atomic E-state index is -0.755. The first-order valence-electron chi connectivity index (χ1n) is 9.87. The highest BCUT2D eigenvalue weighted by Gasteiger charge is 2.35. The maximum atomic E-state index is 12.7. The zero-order valence-corrected chi connectivity index (χ0v) is 17.1. The topological polar surface area (TPSA) is 105 Å². The number of aromatic hydroxyl groups is 1. The standard InChI is InChI=1S/C23H22N4O4/c1-3-31-22(29)19-14(2)24-23(30)25-21(19)18-13-27(16-7-5-4-6-8-16)26-20(18)15-9-11-17(28)12-10-15/h4-13,21,28H,3H2,1-2H3,(H2,24,25,30). The summed E-state index contributed by atoms with van der Waals surface area (Å²) in [5.74, 6) is -0.382. The molecule has 0 aliphatic carbocycles. The van der Waals surface area contributed by atoms with Crippen LogP contribution in [0.2, 0.25) is 0 Å². The van der Waals surface area contributed by atoms with E-state index in [2.05, 4.69) is 10.6 Å². The minimum absolute atomic E-state index is 0.130. The molecule has 8 nitrogen and oxygen atoms in total. The molecule has 8 heteroatoms. The van der Waals surface area contributed by atoms with E-state index in [1.807, 2.05) is 30.3 Å². The van der Waals surface area contributed by atoms with Crippen molar-refractivity contribution < 1.29 is 19.4 Å². The van der Waals surface area contributed by atoms with Crippen molar-refractivity contribution in [1.82, 2.24) is 20.4 Å². The van der Waals surface area contributed by atoms with E-state index < -0.39 is 18.0 Å². The monoisotopic (exact) mass is 418 g/mol. The summed E-state index contributed by atoms with van der Waals surface area (Å²) in [5.41, 5.74) is 3.51. The van der Waals surface area contributed by atoms with Gasteiger partial charge in [-0.2, -0.15) is 5.10 Å². The molecule has 0 fully saturated rings. The fourth-order valence-corrected chi connectivity index (χ4v) is 3.56. The molecule has 3 N–H and O–H groups in total. The molecule has 0 radical (unpaired) electrons. The maximum Gasteiger partial charge on any atom is 0.338 e. The highest BCUT2D eigenvalue weighted by Crippen LogP contribution is 2.35. The van der Waals surface area contributed by atoms with E-state index in [1.165, 1.54) is 0 Å². The third-order valence-corrected chi connectivity index (χ3v) is 4.98. The summed E-state index contributed by atoms with van der Waals surface area (Å²) in [7, 11) is 0. The van der Waals surface area contributed by atoms with Gasteiger partial charge in [0, 0.05) is 23.0 Å². The summed E-state index contributed by atoms with van der Waals surface area (Å²) in [5, 5.41) is 19.9. The smallest absolute Gasteiger partial charge is 0.338 e. The molecule has 4 rings (SSSR count).